The van der Waals surface area contributed by atoms with Crippen LogP contribution in [-0.2, 0) is 4.79 Å². The van der Waals surface area contributed by atoms with Crippen molar-refractivity contribution in [3.05, 3.63) is 60.2 Å². The fourth-order valence-corrected chi connectivity index (χ4v) is 2.12. The number of nitrogens with zero attached hydrogens (tertiary/aromatic N) is 1. The number of hydrogen-bond donors (Lipinski definition) is 1. The summed E-state index contributed by atoms with van der Waals surface area (Å²) in [6.07, 6.45) is 0. The van der Waals surface area contributed by atoms with Crippen LogP contribution < -0.4 is 15.2 Å². The van der Waals surface area contributed by atoms with Gasteiger partial charge in [0.1, 0.15) is 24.1 Å². The molecule has 0 aliphatic heterocycles. The largest absolute Gasteiger partial charge is 0.497 e. The van der Waals surface area contributed by atoms with E-state index in [1.807, 2.05) is 54.6 Å². The van der Waals surface area contributed by atoms with Crippen LogP contribution in [0.2, 0.25) is 0 Å². The minimum Gasteiger partial charge on any atom is -0.497 e. The van der Waals surface area contributed by atoms with Gasteiger partial charge >= 0.3 is 0 Å². The summed E-state index contributed by atoms with van der Waals surface area (Å²) in [5.41, 5.74) is 6.81. The maximum atomic E-state index is 12.3. The highest BCUT2D eigenvalue weighted by Gasteiger charge is 2.19. The van der Waals surface area contributed by atoms with Crippen molar-refractivity contribution in [2.24, 2.45) is 5.73 Å². The molecular formula is C18H22N2O3. The van der Waals surface area contributed by atoms with Gasteiger partial charge in [-0.1, -0.05) is 30.3 Å². The molecule has 0 saturated carbocycles. The summed E-state index contributed by atoms with van der Waals surface area (Å²) in [6.45, 7) is 0.863. The fourth-order valence-electron chi connectivity index (χ4n) is 2.12. The zero-order valence-electron chi connectivity index (χ0n) is 13.4. The molecule has 0 aromatic heterocycles. The van der Waals surface area contributed by atoms with E-state index in [2.05, 4.69) is 0 Å². The standard InChI is InChI=1S/C18H22N2O3/c1-20(18(21)17(19)14-6-4-3-5-7-14)12-13-23-16-10-8-15(22-2)9-11-16/h3-11,17H,12-13,19H2,1-2H3. The minimum absolute atomic E-state index is 0.130. The average molecular weight is 314 g/mol. The van der Waals surface area contributed by atoms with Crippen LogP contribution in [0.4, 0.5) is 0 Å². The van der Waals surface area contributed by atoms with Crippen LogP contribution in [0.1, 0.15) is 11.6 Å². The van der Waals surface area contributed by atoms with Gasteiger partial charge in [0.2, 0.25) is 5.91 Å². The molecule has 0 bridgehead atoms. The molecule has 0 aliphatic carbocycles. The Morgan fingerprint density at radius 2 is 1.70 bits per heavy atom. The molecule has 2 N–H and O–H groups in total. The van der Waals surface area contributed by atoms with E-state index in [1.165, 1.54) is 0 Å². The van der Waals surface area contributed by atoms with Crippen molar-refractivity contribution in [1.82, 2.24) is 4.90 Å². The molecule has 2 aromatic carbocycles. The predicted molar refractivity (Wildman–Crippen MR) is 89.5 cm³/mol. The molecule has 5 heteroatoms. The Morgan fingerprint density at radius 3 is 2.30 bits per heavy atom. The summed E-state index contributed by atoms with van der Waals surface area (Å²) in [7, 11) is 3.34. The van der Waals surface area contributed by atoms with Crippen LogP contribution in [0.5, 0.6) is 11.5 Å². The van der Waals surface area contributed by atoms with Crippen LogP contribution in [0.3, 0.4) is 0 Å². The Bertz CT molecular complexity index is 614. The highest BCUT2D eigenvalue weighted by atomic mass is 16.5. The molecule has 0 aliphatic rings. The summed E-state index contributed by atoms with van der Waals surface area (Å²) < 4.78 is 10.7. The van der Waals surface area contributed by atoms with Crippen LogP contribution in [0.25, 0.3) is 0 Å². The Labute approximate surface area is 136 Å². The van der Waals surface area contributed by atoms with Gasteiger partial charge in [-0.05, 0) is 29.8 Å². The Balaban J connectivity index is 1.81. The maximum absolute atomic E-state index is 12.3. The van der Waals surface area contributed by atoms with Crippen molar-refractivity contribution in [3.63, 3.8) is 0 Å². The predicted octanol–water partition coefficient (Wildman–Crippen LogP) is 2.23. The van der Waals surface area contributed by atoms with Gasteiger partial charge in [0.05, 0.1) is 13.7 Å². The first kappa shape index (κ1) is 16.8. The zero-order valence-corrected chi connectivity index (χ0v) is 13.4. The smallest absolute Gasteiger partial charge is 0.243 e. The normalized spacial score (nSPS) is 11.6. The molecule has 5 nitrogen and oxygen atoms in total. The number of carbonyl (C=O) groups is 1. The number of rotatable bonds is 7. The van der Waals surface area contributed by atoms with E-state index in [0.717, 1.165) is 17.1 Å². The maximum Gasteiger partial charge on any atom is 0.243 e. The van der Waals surface area contributed by atoms with Crippen molar-refractivity contribution >= 4 is 5.91 Å². The third-order valence-electron chi connectivity index (χ3n) is 3.56. The SMILES string of the molecule is COc1ccc(OCCN(C)C(=O)C(N)c2ccccc2)cc1. The third kappa shape index (κ3) is 4.72. The molecular weight excluding hydrogens is 292 g/mol. The van der Waals surface area contributed by atoms with Gasteiger partial charge in [0.25, 0.3) is 0 Å². The van der Waals surface area contributed by atoms with Crippen molar-refractivity contribution in [2.45, 2.75) is 6.04 Å². The van der Waals surface area contributed by atoms with Gasteiger partial charge in [0, 0.05) is 7.05 Å². The molecule has 1 unspecified atom stereocenters. The van der Waals surface area contributed by atoms with Gasteiger partial charge in [-0.2, -0.15) is 0 Å². The molecule has 0 heterocycles. The lowest BCUT2D eigenvalue weighted by Crippen LogP contribution is -2.38. The van der Waals surface area contributed by atoms with E-state index in [1.54, 1.807) is 19.1 Å². The number of ether oxygens (including phenoxy) is 2. The van der Waals surface area contributed by atoms with Crippen LogP contribution in [-0.4, -0.2) is 38.1 Å². The number of amides is 1. The quantitative estimate of drug-likeness (QED) is 0.851. The molecule has 1 atom stereocenters. The lowest BCUT2D eigenvalue weighted by Gasteiger charge is -2.21. The second kappa shape index (κ2) is 8.19. The van der Waals surface area contributed by atoms with E-state index >= 15 is 0 Å². The number of methoxy groups -OCH3 is 1. The summed E-state index contributed by atoms with van der Waals surface area (Å²) in [5.74, 6) is 1.38. The first-order valence-electron chi connectivity index (χ1n) is 7.44. The summed E-state index contributed by atoms with van der Waals surface area (Å²) in [4.78, 5) is 13.9. The second-order valence-corrected chi connectivity index (χ2v) is 5.17. The molecule has 0 spiro atoms. The van der Waals surface area contributed by atoms with Crippen molar-refractivity contribution in [2.75, 3.05) is 27.3 Å². The number of benzene rings is 2. The minimum atomic E-state index is -0.651. The van der Waals surface area contributed by atoms with Crippen molar-refractivity contribution in [3.8, 4) is 11.5 Å². The summed E-state index contributed by atoms with van der Waals surface area (Å²) in [5, 5.41) is 0. The monoisotopic (exact) mass is 314 g/mol. The molecule has 0 radical (unpaired) electrons. The van der Waals surface area contributed by atoms with E-state index < -0.39 is 6.04 Å². The number of likely N-dealkylation sites (N-methyl/N-ethyl adjacent to an activating group) is 1. The first-order chi connectivity index (χ1) is 11.1. The average Bonchev–Trinajstić information content (AvgIpc) is 2.61. The van der Waals surface area contributed by atoms with Crippen LogP contribution in [0, 0.1) is 0 Å². The first-order valence-corrected chi connectivity index (χ1v) is 7.44. The lowest BCUT2D eigenvalue weighted by atomic mass is 10.1. The molecule has 0 saturated heterocycles. The summed E-state index contributed by atoms with van der Waals surface area (Å²) >= 11 is 0. The van der Waals surface area contributed by atoms with Gasteiger partial charge in [-0.15, -0.1) is 0 Å². The van der Waals surface area contributed by atoms with Crippen LogP contribution >= 0.6 is 0 Å². The number of nitrogens with two attached hydrogens (primary N) is 1. The van der Waals surface area contributed by atoms with E-state index in [9.17, 15) is 4.79 Å². The third-order valence-corrected chi connectivity index (χ3v) is 3.56. The Hall–Kier alpha value is -2.53. The van der Waals surface area contributed by atoms with Crippen molar-refractivity contribution < 1.29 is 14.3 Å². The van der Waals surface area contributed by atoms with Gasteiger partial charge in [-0.25, -0.2) is 0 Å². The van der Waals surface area contributed by atoms with Gasteiger partial charge < -0.3 is 20.1 Å². The summed E-state index contributed by atoms with van der Waals surface area (Å²) in [6, 6.07) is 16.0. The van der Waals surface area contributed by atoms with Gasteiger partial charge in [0.15, 0.2) is 0 Å². The number of carbonyl (C=O) groups excluding carboxylic acids is 1. The topological polar surface area (TPSA) is 64.8 Å². The highest BCUT2D eigenvalue weighted by Crippen LogP contribution is 2.17. The lowest BCUT2D eigenvalue weighted by molar-refractivity contribution is -0.131. The Kier molecular flexibility index (Phi) is 6.00. The molecule has 1 amide bonds. The fraction of sp³-hybridized carbons (Fsp3) is 0.278. The van der Waals surface area contributed by atoms with E-state index in [0.29, 0.717) is 13.2 Å². The van der Waals surface area contributed by atoms with E-state index in [-0.39, 0.29) is 5.91 Å². The van der Waals surface area contributed by atoms with Crippen molar-refractivity contribution in [1.29, 1.82) is 0 Å². The molecule has 2 aromatic rings. The molecule has 122 valence electrons. The Morgan fingerprint density at radius 1 is 1.09 bits per heavy atom. The van der Waals surface area contributed by atoms with Crippen LogP contribution in [0.15, 0.2) is 54.6 Å². The zero-order chi connectivity index (χ0) is 16.7. The highest BCUT2D eigenvalue weighted by molar-refractivity contribution is 5.82. The number of hydrogen-bond acceptors (Lipinski definition) is 4. The molecule has 23 heavy (non-hydrogen) atoms. The second-order valence-electron chi connectivity index (χ2n) is 5.17. The molecule has 2 rings (SSSR count). The molecule has 0 fully saturated rings. The van der Waals surface area contributed by atoms with E-state index in [4.69, 9.17) is 15.2 Å². The van der Waals surface area contributed by atoms with Gasteiger partial charge in [-0.3, -0.25) is 4.79 Å².